The molecule has 0 bridgehead atoms. The summed E-state index contributed by atoms with van der Waals surface area (Å²) in [5, 5.41) is 6.53. The third-order valence-electron chi connectivity index (χ3n) is 4.58. The predicted molar refractivity (Wildman–Crippen MR) is 119 cm³/mol. The van der Waals surface area contributed by atoms with Crippen molar-refractivity contribution in [2.75, 3.05) is 31.7 Å². The number of ether oxygens (including phenoxy) is 2. The molecule has 2 aromatic heterocycles. The predicted octanol–water partition coefficient (Wildman–Crippen LogP) is 4.76. The number of fused-ring (bicyclic) bond motifs is 1. The molecule has 3 aromatic rings. The lowest BCUT2D eigenvalue weighted by Gasteiger charge is -2.15. The summed E-state index contributed by atoms with van der Waals surface area (Å²) in [5.41, 5.74) is 1.43. The van der Waals surface area contributed by atoms with Crippen molar-refractivity contribution in [2.45, 2.75) is 32.5 Å². The van der Waals surface area contributed by atoms with Gasteiger partial charge in [0.15, 0.2) is 5.13 Å². The van der Waals surface area contributed by atoms with Crippen LogP contribution in [0.2, 0.25) is 0 Å². The van der Waals surface area contributed by atoms with Gasteiger partial charge in [-0.25, -0.2) is 15.0 Å². The molecule has 0 radical (unpaired) electrons. The Labute approximate surface area is 184 Å². The van der Waals surface area contributed by atoms with Crippen molar-refractivity contribution in [3.8, 4) is 5.75 Å². The van der Waals surface area contributed by atoms with Gasteiger partial charge in [-0.2, -0.15) is 0 Å². The van der Waals surface area contributed by atoms with Gasteiger partial charge in [0.25, 0.3) is 0 Å². The molecule has 1 fully saturated rings. The molecule has 4 rings (SSSR count). The van der Waals surface area contributed by atoms with Crippen molar-refractivity contribution in [3.05, 3.63) is 35.6 Å². The number of thiazole rings is 1. The van der Waals surface area contributed by atoms with Crippen molar-refractivity contribution < 1.29 is 23.1 Å². The molecule has 1 atom stereocenters. The number of anilines is 2. The number of nitrogens with zero attached hydrogens (tertiary/aromatic N) is 3. The summed E-state index contributed by atoms with van der Waals surface area (Å²) < 4.78 is 34.9. The first-order valence-electron chi connectivity index (χ1n) is 10.2. The summed E-state index contributed by atoms with van der Waals surface area (Å²) in [4.78, 5) is 13.2. The highest BCUT2D eigenvalue weighted by molar-refractivity contribution is 7.53. The molecule has 0 spiro atoms. The molecule has 11 heteroatoms. The van der Waals surface area contributed by atoms with E-state index >= 15 is 0 Å². The zero-order chi connectivity index (χ0) is 21.7. The molecule has 3 heterocycles. The Balaban J connectivity index is 1.52. The maximum Gasteiger partial charge on any atom is 0.336 e. The van der Waals surface area contributed by atoms with Crippen LogP contribution in [0.25, 0.3) is 10.9 Å². The SMILES string of the molecule is CCOP(=O)(Cc1csc(Nc2ncnc3ccc(O[C@H]4CCOC4)cc23)n1)OCC. The number of benzene rings is 1. The third-order valence-corrected chi connectivity index (χ3v) is 7.40. The molecule has 0 amide bonds. The van der Waals surface area contributed by atoms with E-state index in [1.165, 1.54) is 17.7 Å². The van der Waals surface area contributed by atoms with Gasteiger partial charge < -0.3 is 23.8 Å². The Morgan fingerprint density at radius 2 is 2.10 bits per heavy atom. The second-order valence-corrected chi connectivity index (χ2v) is 9.79. The number of nitrogens with one attached hydrogen (secondary N) is 1. The van der Waals surface area contributed by atoms with Gasteiger partial charge in [-0.05, 0) is 32.0 Å². The van der Waals surface area contributed by atoms with E-state index in [1.54, 1.807) is 13.8 Å². The molecule has 0 saturated carbocycles. The van der Waals surface area contributed by atoms with Crippen LogP contribution in [-0.2, 0) is 24.5 Å². The average molecular weight is 464 g/mol. The molecule has 31 heavy (non-hydrogen) atoms. The van der Waals surface area contributed by atoms with Crippen molar-refractivity contribution in [2.24, 2.45) is 0 Å². The average Bonchev–Trinajstić information content (AvgIpc) is 3.41. The van der Waals surface area contributed by atoms with Crippen molar-refractivity contribution in [1.29, 1.82) is 0 Å². The lowest BCUT2D eigenvalue weighted by Crippen LogP contribution is -2.15. The molecule has 1 aliphatic heterocycles. The summed E-state index contributed by atoms with van der Waals surface area (Å²) in [6.45, 7) is 5.53. The van der Waals surface area contributed by atoms with E-state index in [4.69, 9.17) is 18.5 Å². The molecule has 9 nitrogen and oxygen atoms in total. The lowest BCUT2D eigenvalue weighted by atomic mass is 10.2. The zero-order valence-corrected chi connectivity index (χ0v) is 19.2. The van der Waals surface area contributed by atoms with Crippen LogP contribution in [0, 0.1) is 0 Å². The number of rotatable bonds is 10. The Bertz CT molecular complexity index is 1060. The first kappa shape index (κ1) is 22.1. The van der Waals surface area contributed by atoms with Gasteiger partial charge in [-0.3, -0.25) is 4.57 Å². The Hall–Kier alpha value is -2.10. The van der Waals surface area contributed by atoms with Crippen LogP contribution in [0.15, 0.2) is 29.9 Å². The Morgan fingerprint density at radius 1 is 1.26 bits per heavy atom. The summed E-state index contributed by atoms with van der Waals surface area (Å²) >= 11 is 1.40. The molecule has 0 unspecified atom stereocenters. The van der Waals surface area contributed by atoms with Crippen LogP contribution in [0.3, 0.4) is 0 Å². The van der Waals surface area contributed by atoms with Crippen molar-refractivity contribution in [1.82, 2.24) is 15.0 Å². The third kappa shape index (κ3) is 5.58. The normalized spacial score (nSPS) is 16.6. The van der Waals surface area contributed by atoms with Gasteiger partial charge in [0.05, 0.1) is 43.8 Å². The topological polar surface area (TPSA) is 105 Å². The van der Waals surface area contributed by atoms with Gasteiger partial charge >= 0.3 is 7.60 Å². The van der Waals surface area contributed by atoms with Crippen molar-refractivity contribution in [3.63, 3.8) is 0 Å². The van der Waals surface area contributed by atoms with E-state index in [2.05, 4.69) is 20.3 Å². The fraction of sp³-hybridized carbons (Fsp3) is 0.450. The van der Waals surface area contributed by atoms with Gasteiger partial charge in [-0.1, -0.05) is 0 Å². The standard InChI is InChI=1S/C20H25N4O5PS/c1-3-27-30(25,28-4-2)11-14-12-31-20(23-14)24-19-17-9-15(29-16-7-8-26-10-16)5-6-18(17)21-13-22-19/h5-6,9,12-13,16H,3-4,7-8,10-11H2,1-2H3,(H,21,22,23,24)/t16-/m0/s1. The number of hydrogen-bond donors (Lipinski definition) is 1. The number of aromatic nitrogens is 3. The van der Waals surface area contributed by atoms with Crippen LogP contribution >= 0.6 is 18.9 Å². The van der Waals surface area contributed by atoms with Gasteiger partial charge in [-0.15, -0.1) is 11.3 Å². The molecule has 0 aliphatic carbocycles. The Morgan fingerprint density at radius 3 is 2.84 bits per heavy atom. The highest BCUT2D eigenvalue weighted by Gasteiger charge is 2.25. The van der Waals surface area contributed by atoms with Crippen LogP contribution in [0.4, 0.5) is 10.9 Å². The van der Waals surface area contributed by atoms with E-state index < -0.39 is 7.60 Å². The largest absolute Gasteiger partial charge is 0.488 e. The fourth-order valence-electron chi connectivity index (χ4n) is 3.27. The molecular formula is C20H25N4O5PS. The summed E-state index contributed by atoms with van der Waals surface area (Å²) in [7, 11) is -3.21. The second-order valence-electron chi connectivity index (χ2n) is 6.88. The molecular weight excluding hydrogens is 439 g/mol. The first-order chi connectivity index (χ1) is 15.1. The van der Waals surface area contributed by atoms with E-state index in [-0.39, 0.29) is 12.3 Å². The minimum atomic E-state index is -3.21. The fourth-order valence-corrected chi connectivity index (χ4v) is 5.70. The van der Waals surface area contributed by atoms with Crippen LogP contribution < -0.4 is 10.1 Å². The second kappa shape index (κ2) is 10.0. The van der Waals surface area contributed by atoms with Gasteiger partial charge in [0, 0.05) is 17.2 Å². The molecule has 1 aromatic carbocycles. The monoisotopic (exact) mass is 464 g/mol. The maximum atomic E-state index is 12.8. The summed E-state index contributed by atoms with van der Waals surface area (Å²) in [6, 6.07) is 5.72. The minimum absolute atomic E-state index is 0.0615. The molecule has 1 saturated heterocycles. The van der Waals surface area contributed by atoms with Crippen LogP contribution in [0.5, 0.6) is 5.75 Å². The van der Waals surface area contributed by atoms with E-state index in [0.717, 1.165) is 29.7 Å². The van der Waals surface area contributed by atoms with Crippen LogP contribution in [0.1, 0.15) is 26.0 Å². The molecule has 166 valence electrons. The zero-order valence-electron chi connectivity index (χ0n) is 17.4. The van der Waals surface area contributed by atoms with Gasteiger partial charge in [0.1, 0.15) is 24.0 Å². The number of hydrogen-bond acceptors (Lipinski definition) is 10. The van der Waals surface area contributed by atoms with Crippen molar-refractivity contribution >= 4 is 40.8 Å². The lowest BCUT2D eigenvalue weighted by molar-refractivity contribution is 0.141. The highest BCUT2D eigenvalue weighted by atomic mass is 32.1. The Kier molecular flexibility index (Phi) is 7.14. The molecule has 1 N–H and O–H groups in total. The highest BCUT2D eigenvalue weighted by Crippen LogP contribution is 2.51. The van der Waals surface area contributed by atoms with Crippen LogP contribution in [-0.4, -0.2) is 47.5 Å². The van der Waals surface area contributed by atoms with E-state index in [1.807, 2.05) is 23.6 Å². The summed E-state index contributed by atoms with van der Waals surface area (Å²) in [6.07, 6.45) is 2.57. The maximum absolute atomic E-state index is 12.8. The minimum Gasteiger partial charge on any atom is -0.488 e. The first-order valence-corrected chi connectivity index (χ1v) is 12.8. The molecule has 1 aliphatic rings. The quantitative estimate of drug-likeness (QED) is 0.425. The summed E-state index contributed by atoms with van der Waals surface area (Å²) in [5.74, 6) is 1.37. The van der Waals surface area contributed by atoms with E-state index in [9.17, 15) is 4.57 Å². The van der Waals surface area contributed by atoms with Gasteiger partial charge in [0.2, 0.25) is 0 Å². The smallest absolute Gasteiger partial charge is 0.336 e. The van der Waals surface area contributed by atoms with E-state index in [0.29, 0.717) is 36.5 Å².